The van der Waals surface area contributed by atoms with Gasteiger partial charge in [-0.25, -0.2) is 9.78 Å². The zero-order valence-corrected chi connectivity index (χ0v) is 9.73. The third-order valence-corrected chi connectivity index (χ3v) is 3.47. The van der Waals surface area contributed by atoms with Crippen molar-refractivity contribution in [3.8, 4) is 10.6 Å². The van der Waals surface area contributed by atoms with Crippen molar-refractivity contribution < 1.29 is 9.53 Å². The molecule has 0 N–H and O–H groups in total. The minimum absolute atomic E-state index is 0.289. The van der Waals surface area contributed by atoms with Gasteiger partial charge in [-0.1, -0.05) is 6.07 Å². The van der Waals surface area contributed by atoms with Gasteiger partial charge >= 0.3 is 5.97 Å². The first-order valence-corrected chi connectivity index (χ1v) is 6.23. The molecule has 15 heavy (non-hydrogen) atoms. The second-order valence-electron chi connectivity index (χ2n) is 2.73. The van der Waals surface area contributed by atoms with Gasteiger partial charge in [0.15, 0.2) is 0 Å². The Morgan fingerprint density at radius 2 is 2.40 bits per heavy atom. The Morgan fingerprint density at radius 3 is 3.07 bits per heavy atom. The van der Waals surface area contributed by atoms with Gasteiger partial charge in [-0.3, -0.25) is 0 Å². The molecule has 3 nitrogen and oxygen atoms in total. The number of carbonyl (C=O) groups excluding carboxylic acids is 1. The summed E-state index contributed by atoms with van der Waals surface area (Å²) in [5.41, 5.74) is 2.40. The SMILES string of the molecule is CCOC(=O)c1scnc1-c1cccs1. The topological polar surface area (TPSA) is 39.2 Å². The zero-order chi connectivity index (χ0) is 10.7. The van der Waals surface area contributed by atoms with Crippen LogP contribution < -0.4 is 0 Å². The van der Waals surface area contributed by atoms with Crippen LogP contribution in [0.3, 0.4) is 0 Å². The molecular weight excluding hydrogens is 230 g/mol. The number of esters is 1. The zero-order valence-electron chi connectivity index (χ0n) is 8.10. The molecule has 78 valence electrons. The molecule has 0 atom stereocenters. The predicted molar refractivity (Wildman–Crippen MR) is 61.4 cm³/mol. The van der Waals surface area contributed by atoms with E-state index in [-0.39, 0.29) is 5.97 Å². The molecule has 0 saturated heterocycles. The number of thiazole rings is 1. The molecule has 0 aliphatic carbocycles. The fourth-order valence-corrected chi connectivity index (χ4v) is 2.66. The van der Waals surface area contributed by atoms with E-state index < -0.39 is 0 Å². The van der Waals surface area contributed by atoms with Crippen molar-refractivity contribution >= 4 is 28.6 Å². The van der Waals surface area contributed by atoms with E-state index in [0.717, 1.165) is 10.6 Å². The minimum atomic E-state index is -0.289. The lowest BCUT2D eigenvalue weighted by Crippen LogP contribution is -2.03. The molecule has 2 aromatic rings. The Morgan fingerprint density at radius 1 is 1.53 bits per heavy atom. The van der Waals surface area contributed by atoms with Crippen molar-refractivity contribution in [2.75, 3.05) is 6.61 Å². The van der Waals surface area contributed by atoms with E-state index >= 15 is 0 Å². The Kier molecular flexibility index (Phi) is 3.13. The molecule has 2 aromatic heterocycles. The highest BCUT2D eigenvalue weighted by atomic mass is 32.1. The van der Waals surface area contributed by atoms with Gasteiger partial charge in [0, 0.05) is 0 Å². The lowest BCUT2D eigenvalue weighted by Gasteiger charge is -1.99. The third kappa shape index (κ3) is 2.08. The average Bonchev–Trinajstić information content (AvgIpc) is 2.88. The molecule has 0 aliphatic rings. The highest BCUT2D eigenvalue weighted by Crippen LogP contribution is 2.29. The average molecular weight is 239 g/mol. The van der Waals surface area contributed by atoms with Gasteiger partial charge in [0.05, 0.1) is 17.0 Å². The number of hydrogen-bond acceptors (Lipinski definition) is 5. The molecule has 0 saturated carbocycles. The lowest BCUT2D eigenvalue weighted by molar-refractivity contribution is 0.0533. The van der Waals surface area contributed by atoms with Gasteiger partial charge in [0.2, 0.25) is 0 Å². The largest absolute Gasteiger partial charge is 0.462 e. The van der Waals surface area contributed by atoms with Crippen LogP contribution >= 0.6 is 22.7 Å². The van der Waals surface area contributed by atoms with Crippen molar-refractivity contribution in [2.24, 2.45) is 0 Å². The Balaban J connectivity index is 2.34. The minimum Gasteiger partial charge on any atom is -0.462 e. The Labute approximate surface area is 95.4 Å². The molecule has 0 bridgehead atoms. The van der Waals surface area contributed by atoms with E-state index in [4.69, 9.17) is 4.74 Å². The van der Waals surface area contributed by atoms with Crippen LogP contribution in [0.15, 0.2) is 23.0 Å². The molecule has 2 heterocycles. The van der Waals surface area contributed by atoms with Gasteiger partial charge in [0.1, 0.15) is 10.6 Å². The van der Waals surface area contributed by atoms with E-state index in [9.17, 15) is 4.79 Å². The number of thiophene rings is 1. The van der Waals surface area contributed by atoms with Crippen molar-refractivity contribution in [3.05, 3.63) is 27.9 Å². The van der Waals surface area contributed by atoms with Gasteiger partial charge in [-0.2, -0.15) is 0 Å². The number of carbonyl (C=O) groups is 1. The maximum absolute atomic E-state index is 11.6. The highest BCUT2D eigenvalue weighted by Gasteiger charge is 2.17. The fourth-order valence-electron chi connectivity index (χ4n) is 1.18. The standard InChI is InChI=1S/C10H9NO2S2/c1-2-13-10(12)9-8(11-6-15-9)7-4-3-5-14-7/h3-6H,2H2,1H3. The van der Waals surface area contributed by atoms with Gasteiger partial charge < -0.3 is 4.74 Å². The number of aromatic nitrogens is 1. The predicted octanol–water partition coefficient (Wildman–Crippen LogP) is 3.05. The second kappa shape index (κ2) is 4.55. The molecule has 0 aliphatic heterocycles. The van der Waals surface area contributed by atoms with Gasteiger partial charge in [0.25, 0.3) is 0 Å². The Bertz CT molecular complexity index is 448. The van der Waals surface area contributed by atoms with E-state index in [0.29, 0.717) is 11.5 Å². The van der Waals surface area contributed by atoms with Crippen molar-refractivity contribution in [3.63, 3.8) is 0 Å². The number of rotatable bonds is 3. The summed E-state index contributed by atoms with van der Waals surface area (Å²) in [6, 6.07) is 3.89. The van der Waals surface area contributed by atoms with Crippen LogP contribution in [0, 0.1) is 0 Å². The lowest BCUT2D eigenvalue weighted by atomic mass is 10.3. The van der Waals surface area contributed by atoms with Crippen LogP contribution in [0.2, 0.25) is 0 Å². The number of nitrogens with zero attached hydrogens (tertiary/aromatic N) is 1. The number of ether oxygens (including phenoxy) is 1. The van der Waals surface area contributed by atoms with Crippen LogP contribution in [-0.2, 0) is 4.74 Å². The summed E-state index contributed by atoms with van der Waals surface area (Å²) >= 11 is 2.88. The van der Waals surface area contributed by atoms with E-state index in [1.165, 1.54) is 11.3 Å². The summed E-state index contributed by atoms with van der Waals surface area (Å²) in [7, 11) is 0. The summed E-state index contributed by atoms with van der Waals surface area (Å²) < 4.78 is 4.96. The molecule has 0 aromatic carbocycles. The molecular formula is C10H9NO2S2. The first-order valence-electron chi connectivity index (χ1n) is 4.47. The summed E-state index contributed by atoms with van der Waals surface area (Å²) in [6.07, 6.45) is 0. The van der Waals surface area contributed by atoms with Crippen LogP contribution in [0.1, 0.15) is 16.6 Å². The van der Waals surface area contributed by atoms with Crippen molar-refractivity contribution in [1.82, 2.24) is 4.98 Å². The molecule has 0 spiro atoms. The molecule has 0 amide bonds. The van der Waals surface area contributed by atoms with E-state index in [1.54, 1.807) is 23.8 Å². The van der Waals surface area contributed by atoms with Crippen LogP contribution in [0.5, 0.6) is 0 Å². The van der Waals surface area contributed by atoms with Crippen LogP contribution in [0.25, 0.3) is 10.6 Å². The van der Waals surface area contributed by atoms with Crippen LogP contribution in [-0.4, -0.2) is 17.6 Å². The Hall–Kier alpha value is -1.20. The number of hydrogen-bond donors (Lipinski definition) is 0. The maximum atomic E-state index is 11.6. The van der Waals surface area contributed by atoms with Crippen molar-refractivity contribution in [1.29, 1.82) is 0 Å². The van der Waals surface area contributed by atoms with Crippen LogP contribution in [0.4, 0.5) is 0 Å². The summed E-state index contributed by atoms with van der Waals surface area (Å²) in [5, 5.41) is 1.96. The van der Waals surface area contributed by atoms with Gasteiger partial charge in [-0.15, -0.1) is 22.7 Å². The second-order valence-corrected chi connectivity index (χ2v) is 4.53. The molecule has 5 heteroatoms. The normalized spacial score (nSPS) is 10.2. The van der Waals surface area contributed by atoms with E-state index in [1.807, 2.05) is 17.5 Å². The van der Waals surface area contributed by atoms with E-state index in [2.05, 4.69) is 4.98 Å². The first kappa shape index (κ1) is 10.3. The molecule has 0 fully saturated rings. The maximum Gasteiger partial charge on any atom is 0.350 e. The highest BCUT2D eigenvalue weighted by molar-refractivity contribution is 7.15. The fraction of sp³-hybridized carbons (Fsp3) is 0.200. The summed E-state index contributed by atoms with van der Waals surface area (Å²) in [5.74, 6) is -0.289. The van der Waals surface area contributed by atoms with Crippen molar-refractivity contribution in [2.45, 2.75) is 6.92 Å². The summed E-state index contributed by atoms with van der Waals surface area (Å²) in [4.78, 5) is 17.3. The molecule has 0 unspecified atom stereocenters. The van der Waals surface area contributed by atoms with Gasteiger partial charge in [-0.05, 0) is 18.4 Å². The summed E-state index contributed by atoms with van der Waals surface area (Å²) in [6.45, 7) is 2.18. The monoisotopic (exact) mass is 239 g/mol. The first-order chi connectivity index (χ1) is 7.33. The quantitative estimate of drug-likeness (QED) is 0.773. The molecule has 0 radical (unpaired) electrons. The third-order valence-electron chi connectivity index (χ3n) is 1.78. The smallest absolute Gasteiger partial charge is 0.350 e. The molecule has 2 rings (SSSR count).